The predicted octanol–water partition coefficient (Wildman–Crippen LogP) is 4.22. The highest BCUT2D eigenvalue weighted by Gasteiger charge is 2.35. The fourth-order valence-corrected chi connectivity index (χ4v) is 7.08. The lowest BCUT2D eigenvalue weighted by atomic mass is 9.98. The number of halogens is 2. The van der Waals surface area contributed by atoms with Crippen LogP contribution in [0, 0.1) is 5.92 Å². The molecule has 146 valence electrons. The molecule has 1 atom stereocenters. The molecule has 0 N–H and O–H groups in total. The summed E-state index contributed by atoms with van der Waals surface area (Å²) in [5.41, 5.74) is 0.874. The van der Waals surface area contributed by atoms with E-state index >= 15 is 0 Å². The molecular formula is C18H20BrClN2O3S2. The van der Waals surface area contributed by atoms with Crippen molar-refractivity contribution in [1.29, 1.82) is 0 Å². The van der Waals surface area contributed by atoms with Crippen molar-refractivity contribution >= 4 is 54.8 Å². The molecule has 1 aromatic heterocycles. The molecular weight excluding hydrogens is 472 g/mol. The Kier molecular flexibility index (Phi) is 6.63. The van der Waals surface area contributed by atoms with Crippen molar-refractivity contribution in [3.63, 3.8) is 0 Å². The fraction of sp³-hybridized carbons (Fsp3) is 0.389. The lowest BCUT2D eigenvalue weighted by Crippen LogP contribution is -2.45. The molecule has 9 heteroatoms. The molecule has 27 heavy (non-hydrogen) atoms. The smallest absolute Gasteiger partial charge is 0.252 e. The molecule has 1 amide bonds. The second kappa shape index (κ2) is 8.61. The van der Waals surface area contributed by atoms with Crippen molar-refractivity contribution in [2.45, 2.75) is 23.6 Å². The number of benzene rings is 1. The van der Waals surface area contributed by atoms with Crippen LogP contribution in [0.25, 0.3) is 0 Å². The van der Waals surface area contributed by atoms with Crippen molar-refractivity contribution in [3.05, 3.63) is 50.8 Å². The number of thiophene rings is 1. The third-order valence-corrected chi connectivity index (χ3v) is 8.94. The summed E-state index contributed by atoms with van der Waals surface area (Å²) in [5.74, 6) is -0.397. The highest BCUT2D eigenvalue weighted by molar-refractivity contribution is 9.11. The van der Waals surface area contributed by atoms with E-state index in [4.69, 9.17) is 11.6 Å². The molecule has 0 aliphatic carbocycles. The first-order valence-electron chi connectivity index (χ1n) is 8.53. The van der Waals surface area contributed by atoms with Crippen molar-refractivity contribution in [2.75, 3.05) is 20.1 Å². The maximum Gasteiger partial charge on any atom is 0.252 e. The van der Waals surface area contributed by atoms with Gasteiger partial charge in [-0.3, -0.25) is 4.79 Å². The second-order valence-electron chi connectivity index (χ2n) is 6.55. The fourth-order valence-electron chi connectivity index (χ4n) is 3.20. The van der Waals surface area contributed by atoms with E-state index in [1.807, 2.05) is 18.2 Å². The molecule has 2 heterocycles. The van der Waals surface area contributed by atoms with Crippen LogP contribution < -0.4 is 0 Å². The Labute approximate surface area is 177 Å². The molecule has 1 aromatic carbocycles. The van der Waals surface area contributed by atoms with Gasteiger partial charge < -0.3 is 4.90 Å². The van der Waals surface area contributed by atoms with Crippen LogP contribution in [0.2, 0.25) is 5.02 Å². The maximum atomic E-state index is 12.9. The molecule has 0 saturated carbocycles. The maximum absolute atomic E-state index is 12.9. The van der Waals surface area contributed by atoms with E-state index in [1.54, 1.807) is 30.1 Å². The average Bonchev–Trinajstić information content (AvgIpc) is 3.10. The van der Waals surface area contributed by atoms with Crippen molar-refractivity contribution in [3.8, 4) is 0 Å². The molecule has 1 aliphatic rings. The van der Waals surface area contributed by atoms with E-state index in [-0.39, 0.29) is 18.4 Å². The summed E-state index contributed by atoms with van der Waals surface area (Å²) in [6, 6.07) is 10.7. The van der Waals surface area contributed by atoms with Gasteiger partial charge in [-0.1, -0.05) is 29.8 Å². The molecule has 1 saturated heterocycles. The van der Waals surface area contributed by atoms with Gasteiger partial charge in [0, 0.05) is 31.7 Å². The summed E-state index contributed by atoms with van der Waals surface area (Å²) in [6.45, 7) is 1.05. The van der Waals surface area contributed by atoms with Gasteiger partial charge in [-0.2, -0.15) is 4.31 Å². The van der Waals surface area contributed by atoms with Crippen molar-refractivity contribution in [2.24, 2.45) is 5.92 Å². The van der Waals surface area contributed by atoms with Crippen LogP contribution in [0.4, 0.5) is 0 Å². The van der Waals surface area contributed by atoms with Gasteiger partial charge in [0.05, 0.1) is 9.70 Å². The number of rotatable bonds is 5. The van der Waals surface area contributed by atoms with Gasteiger partial charge in [0.1, 0.15) is 4.21 Å². The number of amides is 1. The van der Waals surface area contributed by atoms with Crippen LogP contribution in [0.5, 0.6) is 0 Å². The number of nitrogens with zero attached hydrogens (tertiary/aromatic N) is 2. The van der Waals surface area contributed by atoms with Gasteiger partial charge in [-0.15, -0.1) is 11.3 Å². The number of piperidine rings is 1. The monoisotopic (exact) mass is 490 g/mol. The summed E-state index contributed by atoms with van der Waals surface area (Å²) < 4.78 is 28.2. The molecule has 1 aliphatic heterocycles. The van der Waals surface area contributed by atoms with Crippen LogP contribution in [-0.2, 0) is 21.4 Å². The van der Waals surface area contributed by atoms with E-state index in [2.05, 4.69) is 15.9 Å². The van der Waals surface area contributed by atoms with E-state index in [0.717, 1.165) is 9.35 Å². The Morgan fingerprint density at radius 3 is 2.74 bits per heavy atom. The summed E-state index contributed by atoms with van der Waals surface area (Å²) in [5, 5.41) is 0.619. The van der Waals surface area contributed by atoms with Crippen molar-refractivity contribution < 1.29 is 13.2 Å². The zero-order valence-corrected chi connectivity index (χ0v) is 18.7. The van der Waals surface area contributed by atoms with Crippen LogP contribution in [-0.4, -0.2) is 43.7 Å². The van der Waals surface area contributed by atoms with Gasteiger partial charge in [-0.25, -0.2) is 8.42 Å². The van der Waals surface area contributed by atoms with Gasteiger partial charge in [0.15, 0.2) is 0 Å². The first kappa shape index (κ1) is 20.8. The van der Waals surface area contributed by atoms with E-state index in [0.29, 0.717) is 35.2 Å². The Hall–Kier alpha value is -0.930. The first-order valence-corrected chi connectivity index (χ1v) is 12.0. The second-order valence-corrected chi connectivity index (χ2v) is 11.6. The number of hydrogen-bond acceptors (Lipinski definition) is 4. The van der Waals surface area contributed by atoms with Crippen LogP contribution >= 0.6 is 38.9 Å². The minimum Gasteiger partial charge on any atom is -0.341 e. The van der Waals surface area contributed by atoms with Crippen molar-refractivity contribution in [1.82, 2.24) is 9.21 Å². The van der Waals surface area contributed by atoms with E-state index < -0.39 is 10.0 Å². The topological polar surface area (TPSA) is 57.7 Å². The third kappa shape index (κ3) is 4.74. The summed E-state index contributed by atoms with van der Waals surface area (Å²) in [7, 11) is -1.84. The van der Waals surface area contributed by atoms with E-state index in [1.165, 1.54) is 15.6 Å². The number of carbonyl (C=O) groups excluding carboxylic acids is 1. The van der Waals surface area contributed by atoms with Crippen LogP contribution in [0.1, 0.15) is 18.4 Å². The molecule has 0 spiro atoms. The average molecular weight is 492 g/mol. The minimum atomic E-state index is -3.57. The Morgan fingerprint density at radius 1 is 1.33 bits per heavy atom. The highest BCUT2D eigenvalue weighted by atomic mass is 79.9. The standard InChI is InChI=1S/C18H20BrClN2O3S2/c1-21(11-13-5-2-3-7-15(13)20)18(23)14-6-4-10-22(12-14)27(24,25)17-9-8-16(19)26-17/h2-3,5,7-9,14H,4,6,10-12H2,1H3. The number of carbonyl (C=O) groups is 1. The molecule has 1 unspecified atom stereocenters. The molecule has 2 aromatic rings. The first-order chi connectivity index (χ1) is 12.8. The van der Waals surface area contributed by atoms with Gasteiger partial charge in [-0.05, 0) is 52.5 Å². The van der Waals surface area contributed by atoms with Gasteiger partial charge >= 0.3 is 0 Å². The van der Waals surface area contributed by atoms with Gasteiger partial charge in [0.25, 0.3) is 10.0 Å². The molecule has 0 radical (unpaired) electrons. The number of sulfonamides is 1. The third-order valence-electron chi connectivity index (χ3n) is 4.62. The Bertz CT molecular complexity index is 932. The molecule has 3 rings (SSSR count). The summed E-state index contributed by atoms with van der Waals surface area (Å²) >= 11 is 10.7. The molecule has 1 fully saturated rings. The Morgan fingerprint density at radius 2 is 2.07 bits per heavy atom. The molecule has 0 bridgehead atoms. The van der Waals surface area contributed by atoms with Crippen LogP contribution in [0.3, 0.4) is 0 Å². The quantitative estimate of drug-likeness (QED) is 0.629. The SMILES string of the molecule is CN(Cc1ccccc1Cl)C(=O)C1CCCN(S(=O)(=O)c2ccc(Br)s2)C1. The minimum absolute atomic E-state index is 0.0535. The normalized spacial score (nSPS) is 18.4. The van der Waals surface area contributed by atoms with E-state index in [9.17, 15) is 13.2 Å². The zero-order chi connectivity index (χ0) is 19.6. The summed E-state index contributed by atoms with van der Waals surface area (Å²) in [4.78, 5) is 14.5. The summed E-state index contributed by atoms with van der Waals surface area (Å²) in [6.07, 6.45) is 1.36. The Balaban J connectivity index is 1.70. The zero-order valence-electron chi connectivity index (χ0n) is 14.8. The van der Waals surface area contributed by atoms with Crippen LogP contribution in [0.15, 0.2) is 44.4 Å². The lowest BCUT2D eigenvalue weighted by molar-refractivity contribution is -0.135. The molecule has 5 nitrogen and oxygen atoms in total. The predicted molar refractivity (Wildman–Crippen MR) is 111 cm³/mol. The highest BCUT2D eigenvalue weighted by Crippen LogP contribution is 2.31. The lowest BCUT2D eigenvalue weighted by Gasteiger charge is -2.33. The van der Waals surface area contributed by atoms with Gasteiger partial charge in [0.2, 0.25) is 5.91 Å². The number of hydrogen-bond donors (Lipinski definition) is 0. The largest absolute Gasteiger partial charge is 0.341 e.